The lowest BCUT2D eigenvalue weighted by Gasteiger charge is -2.15. The molecule has 38 heavy (non-hydrogen) atoms. The Morgan fingerprint density at radius 3 is 2.03 bits per heavy atom. The van der Waals surface area contributed by atoms with E-state index < -0.39 is 16.0 Å². The summed E-state index contributed by atoms with van der Waals surface area (Å²) in [7, 11) is 0.563. The fourth-order valence-corrected chi connectivity index (χ4v) is 4.37. The Hall–Kier alpha value is -4.78. The molecule has 0 unspecified atom stereocenters. The Labute approximate surface area is 219 Å². The zero-order valence-corrected chi connectivity index (χ0v) is 21.5. The number of nitrogens with one attached hydrogen (secondary N) is 4. The minimum Gasteiger partial charge on any atom is -0.493 e. The molecule has 1 heterocycles. The van der Waals surface area contributed by atoms with E-state index in [-0.39, 0.29) is 17.5 Å². The molecular weight excluding hydrogens is 515 g/mol. The number of benzene rings is 3. The van der Waals surface area contributed by atoms with Gasteiger partial charge in [-0.1, -0.05) is 24.3 Å². The van der Waals surface area contributed by atoms with Crippen molar-refractivity contribution in [3.63, 3.8) is 0 Å². The van der Waals surface area contributed by atoms with Crippen molar-refractivity contribution in [3.8, 4) is 17.2 Å². The van der Waals surface area contributed by atoms with Crippen molar-refractivity contribution in [2.75, 3.05) is 41.4 Å². The van der Waals surface area contributed by atoms with Crippen LogP contribution in [0.1, 0.15) is 0 Å². The van der Waals surface area contributed by atoms with Crippen LogP contribution in [0.15, 0.2) is 72.9 Å². The molecule has 198 valence electrons. The van der Waals surface area contributed by atoms with Gasteiger partial charge in [0.05, 0.1) is 38.9 Å². The second-order valence-corrected chi connectivity index (χ2v) is 9.12. The molecule has 13 heteroatoms. The Morgan fingerprint density at radius 2 is 1.37 bits per heavy atom. The molecule has 4 rings (SSSR count). The van der Waals surface area contributed by atoms with Gasteiger partial charge >= 0.3 is 10.2 Å². The van der Waals surface area contributed by atoms with Gasteiger partial charge in [0.2, 0.25) is 11.7 Å². The first kappa shape index (κ1) is 26.3. The summed E-state index contributed by atoms with van der Waals surface area (Å²) in [5.41, 5.74) is 1.56. The fourth-order valence-electron chi connectivity index (χ4n) is 3.44. The van der Waals surface area contributed by atoms with Crippen LogP contribution in [0.4, 0.5) is 38.9 Å². The van der Waals surface area contributed by atoms with Gasteiger partial charge in [-0.3, -0.25) is 9.44 Å². The van der Waals surface area contributed by atoms with Gasteiger partial charge in [0.25, 0.3) is 0 Å². The van der Waals surface area contributed by atoms with Gasteiger partial charge in [-0.05, 0) is 30.3 Å². The molecule has 4 aromatic rings. The summed E-state index contributed by atoms with van der Waals surface area (Å²) in [6.07, 6.45) is 1.01. The molecule has 11 nitrogen and oxygen atoms in total. The normalized spacial score (nSPS) is 10.8. The molecule has 0 saturated heterocycles. The maximum Gasteiger partial charge on any atom is 0.321 e. The predicted molar refractivity (Wildman–Crippen MR) is 144 cm³/mol. The Kier molecular flexibility index (Phi) is 7.97. The summed E-state index contributed by atoms with van der Waals surface area (Å²) in [5.74, 6) is 0.491. The number of para-hydroxylation sites is 1. The highest BCUT2D eigenvalue weighted by Crippen LogP contribution is 2.40. The lowest BCUT2D eigenvalue weighted by Crippen LogP contribution is -2.21. The van der Waals surface area contributed by atoms with Crippen LogP contribution >= 0.6 is 0 Å². The van der Waals surface area contributed by atoms with E-state index >= 15 is 0 Å². The maximum atomic E-state index is 14.6. The number of ether oxygens (including phenoxy) is 3. The topological polar surface area (TPSA) is 136 Å². The average molecular weight is 541 g/mol. The summed E-state index contributed by atoms with van der Waals surface area (Å²) in [4.78, 5) is 8.19. The van der Waals surface area contributed by atoms with Gasteiger partial charge in [-0.15, -0.1) is 0 Å². The average Bonchev–Trinajstić information content (AvgIpc) is 2.90. The van der Waals surface area contributed by atoms with E-state index in [4.69, 9.17) is 14.2 Å². The second-order valence-electron chi connectivity index (χ2n) is 7.71. The van der Waals surface area contributed by atoms with Crippen molar-refractivity contribution in [2.45, 2.75) is 0 Å². The fraction of sp³-hybridized carbons (Fsp3) is 0.120. The van der Waals surface area contributed by atoms with Gasteiger partial charge in [0.15, 0.2) is 23.1 Å². The highest BCUT2D eigenvalue weighted by Gasteiger charge is 2.15. The number of hydrogen-bond donors (Lipinski definition) is 4. The van der Waals surface area contributed by atoms with E-state index in [1.165, 1.54) is 27.4 Å². The number of hydrogen-bond acceptors (Lipinski definition) is 9. The third kappa shape index (κ3) is 6.50. The first-order valence-corrected chi connectivity index (χ1v) is 12.6. The van der Waals surface area contributed by atoms with Gasteiger partial charge in [0.1, 0.15) is 0 Å². The molecule has 0 radical (unpaired) electrons. The Morgan fingerprint density at radius 1 is 0.737 bits per heavy atom. The molecular formula is C25H25FN6O5S. The van der Waals surface area contributed by atoms with Crippen LogP contribution in [0, 0.1) is 5.82 Å². The molecule has 0 spiro atoms. The number of halogens is 1. The number of nitrogens with zero attached hydrogens (tertiary/aromatic N) is 2. The molecule has 0 aliphatic heterocycles. The van der Waals surface area contributed by atoms with E-state index in [1.54, 1.807) is 60.7 Å². The Balaban J connectivity index is 1.52. The predicted octanol–water partition coefficient (Wildman–Crippen LogP) is 4.90. The van der Waals surface area contributed by atoms with E-state index in [2.05, 4.69) is 30.0 Å². The van der Waals surface area contributed by atoms with Gasteiger partial charge < -0.3 is 24.8 Å². The molecule has 3 aromatic carbocycles. The van der Waals surface area contributed by atoms with Crippen LogP contribution in [0.5, 0.6) is 17.2 Å². The largest absolute Gasteiger partial charge is 0.493 e. The first-order valence-electron chi connectivity index (χ1n) is 11.1. The minimum atomic E-state index is -3.91. The number of aromatic nitrogens is 2. The van der Waals surface area contributed by atoms with E-state index in [0.29, 0.717) is 34.3 Å². The summed E-state index contributed by atoms with van der Waals surface area (Å²) in [6.45, 7) is 0. The smallest absolute Gasteiger partial charge is 0.321 e. The lowest BCUT2D eigenvalue weighted by atomic mass is 10.2. The van der Waals surface area contributed by atoms with E-state index in [9.17, 15) is 12.8 Å². The van der Waals surface area contributed by atoms with E-state index in [1.807, 2.05) is 0 Å². The van der Waals surface area contributed by atoms with Crippen LogP contribution in [0.25, 0.3) is 0 Å². The van der Waals surface area contributed by atoms with Gasteiger partial charge in [-0.2, -0.15) is 13.4 Å². The van der Waals surface area contributed by atoms with Crippen molar-refractivity contribution in [3.05, 3.63) is 78.7 Å². The molecule has 0 aliphatic carbocycles. The van der Waals surface area contributed by atoms with Crippen LogP contribution < -0.4 is 34.3 Å². The van der Waals surface area contributed by atoms with Crippen LogP contribution in [-0.2, 0) is 10.2 Å². The number of methoxy groups -OCH3 is 3. The molecule has 4 N–H and O–H groups in total. The SMILES string of the molecule is COc1cc(Nc2ncc(F)c(Nc3cccc(NS(=O)(=O)Nc4ccccc4)c3)n2)cc(OC)c1OC. The lowest BCUT2D eigenvalue weighted by molar-refractivity contribution is 0.324. The monoisotopic (exact) mass is 540 g/mol. The van der Waals surface area contributed by atoms with Crippen molar-refractivity contribution in [2.24, 2.45) is 0 Å². The standard InChI is InChI=1S/C25H25FN6O5S/c1-35-21-13-19(14-22(36-2)23(21)37-3)29-25-27-15-20(26)24(30-25)28-17-10-7-11-18(12-17)32-38(33,34)31-16-8-5-4-6-9-16/h4-15,31-32H,1-3H3,(H2,27,28,29,30). The quantitative estimate of drug-likeness (QED) is 0.209. The van der Waals surface area contributed by atoms with Gasteiger partial charge in [0, 0.05) is 23.5 Å². The third-order valence-corrected chi connectivity index (χ3v) is 6.08. The Bertz CT molecular complexity index is 1500. The second kappa shape index (κ2) is 11.5. The maximum absolute atomic E-state index is 14.6. The molecule has 0 bridgehead atoms. The molecule has 0 saturated carbocycles. The summed E-state index contributed by atoms with van der Waals surface area (Å²) >= 11 is 0. The van der Waals surface area contributed by atoms with Crippen LogP contribution in [0.3, 0.4) is 0 Å². The zero-order valence-electron chi connectivity index (χ0n) is 20.7. The van der Waals surface area contributed by atoms with Crippen molar-refractivity contribution in [1.82, 2.24) is 9.97 Å². The molecule has 0 atom stereocenters. The molecule has 0 fully saturated rings. The van der Waals surface area contributed by atoms with Crippen LogP contribution in [-0.4, -0.2) is 39.7 Å². The van der Waals surface area contributed by atoms with Crippen LogP contribution in [0.2, 0.25) is 0 Å². The van der Waals surface area contributed by atoms with Crippen molar-refractivity contribution in [1.29, 1.82) is 0 Å². The zero-order chi connectivity index (χ0) is 27.1. The first-order chi connectivity index (χ1) is 18.3. The summed E-state index contributed by atoms with van der Waals surface area (Å²) in [6, 6.07) is 18.1. The molecule has 0 amide bonds. The van der Waals surface area contributed by atoms with Crippen molar-refractivity contribution >= 4 is 44.7 Å². The number of anilines is 6. The van der Waals surface area contributed by atoms with Crippen molar-refractivity contribution < 1.29 is 27.0 Å². The minimum absolute atomic E-state index is 0.0899. The highest BCUT2D eigenvalue weighted by atomic mass is 32.2. The van der Waals surface area contributed by atoms with Gasteiger partial charge in [-0.25, -0.2) is 9.37 Å². The van der Waals surface area contributed by atoms with E-state index in [0.717, 1.165) is 6.20 Å². The molecule has 1 aromatic heterocycles. The highest BCUT2D eigenvalue weighted by molar-refractivity contribution is 7.94. The summed E-state index contributed by atoms with van der Waals surface area (Å²) < 4.78 is 60.4. The number of rotatable bonds is 11. The third-order valence-electron chi connectivity index (χ3n) is 5.07. The summed E-state index contributed by atoms with van der Waals surface area (Å²) in [5, 5.41) is 5.83. The molecule has 0 aliphatic rings.